The highest BCUT2D eigenvalue weighted by atomic mass is 79.9. The molecule has 3 N–H and O–H groups in total. The lowest BCUT2D eigenvalue weighted by molar-refractivity contribution is 0.102. The van der Waals surface area contributed by atoms with Crippen molar-refractivity contribution in [3.05, 3.63) is 57.3 Å². The van der Waals surface area contributed by atoms with Crippen LogP contribution >= 0.6 is 27.5 Å². The molecule has 0 radical (unpaired) electrons. The van der Waals surface area contributed by atoms with Crippen LogP contribution in [0.25, 0.3) is 0 Å². The van der Waals surface area contributed by atoms with Crippen molar-refractivity contribution < 1.29 is 9.18 Å². The molecule has 0 aromatic heterocycles. The summed E-state index contributed by atoms with van der Waals surface area (Å²) < 4.78 is 14.2. The third kappa shape index (κ3) is 3.24. The van der Waals surface area contributed by atoms with E-state index in [0.717, 1.165) is 0 Å². The fourth-order valence-electron chi connectivity index (χ4n) is 1.50. The molecule has 0 aliphatic carbocycles. The number of anilines is 2. The van der Waals surface area contributed by atoms with Gasteiger partial charge in [-0.1, -0.05) is 27.5 Å². The van der Waals surface area contributed by atoms with Gasteiger partial charge < -0.3 is 11.1 Å². The van der Waals surface area contributed by atoms with Gasteiger partial charge in [0, 0.05) is 9.50 Å². The van der Waals surface area contributed by atoms with Crippen LogP contribution in [-0.2, 0) is 0 Å². The topological polar surface area (TPSA) is 55.1 Å². The van der Waals surface area contributed by atoms with Crippen LogP contribution in [0.1, 0.15) is 10.4 Å². The minimum absolute atomic E-state index is 0.0752. The van der Waals surface area contributed by atoms with Gasteiger partial charge in [0.1, 0.15) is 5.82 Å². The van der Waals surface area contributed by atoms with Gasteiger partial charge in [-0.15, -0.1) is 0 Å². The summed E-state index contributed by atoms with van der Waals surface area (Å²) >= 11 is 9.00. The first-order chi connectivity index (χ1) is 8.97. The van der Waals surface area contributed by atoms with Crippen molar-refractivity contribution in [3.8, 4) is 0 Å². The number of nitrogens with two attached hydrogens (primary N) is 1. The molecular formula is C13H9BrClFN2O. The zero-order chi connectivity index (χ0) is 14.0. The number of rotatable bonds is 2. The number of carbonyl (C=O) groups is 1. The van der Waals surface area contributed by atoms with Crippen LogP contribution in [0.5, 0.6) is 0 Å². The number of hydrogen-bond acceptors (Lipinski definition) is 2. The highest BCUT2D eigenvalue weighted by Crippen LogP contribution is 2.24. The molecule has 98 valence electrons. The lowest BCUT2D eigenvalue weighted by Gasteiger charge is -2.09. The fraction of sp³-hybridized carbons (Fsp3) is 0. The maximum absolute atomic E-state index is 13.6. The molecule has 3 nitrogen and oxygen atoms in total. The molecular weight excluding hydrogens is 335 g/mol. The van der Waals surface area contributed by atoms with Crippen molar-refractivity contribution in [2.45, 2.75) is 0 Å². The van der Waals surface area contributed by atoms with Crippen molar-refractivity contribution in [3.63, 3.8) is 0 Å². The van der Waals surface area contributed by atoms with Crippen LogP contribution in [0.3, 0.4) is 0 Å². The molecule has 0 saturated heterocycles. The lowest BCUT2D eigenvalue weighted by atomic mass is 10.2. The van der Waals surface area contributed by atoms with Gasteiger partial charge in [0.2, 0.25) is 0 Å². The van der Waals surface area contributed by atoms with Crippen molar-refractivity contribution in [1.82, 2.24) is 0 Å². The molecule has 2 aromatic rings. The zero-order valence-corrected chi connectivity index (χ0v) is 11.9. The second kappa shape index (κ2) is 5.59. The maximum atomic E-state index is 13.6. The largest absolute Gasteiger partial charge is 0.397 e. The number of halogens is 3. The number of hydrogen-bond donors (Lipinski definition) is 2. The average Bonchev–Trinajstić information content (AvgIpc) is 2.36. The number of carbonyl (C=O) groups excluding carboxylic acids is 1. The van der Waals surface area contributed by atoms with Crippen molar-refractivity contribution in [2.24, 2.45) is 0 Å². The van der Waals surface area contributed by atoms with E-state index in [1.54, 1.807) is 12.1 Å². The molecule has 0 aliphatic heterocycles. The second-order valence-electron chi connectivity index (χ2n) is 3.81. The van der Waals surface area contributed by atoms with Crippen molar-refractivity contribution in [2.75, 3.05) is 11.1 Å². The highest BCUT2D eigenvalue weighted by molar-refractivity contribution is 9.10. The summed E-state index contributed by atoms with van der Waals surface area (Å²) in [6.45, 7) is 0. The maximum Gasteiger partial charge on any atom is 0.258 e. The molecule has 0 unspecified atom stereocenters. The predicted molar refractivity (Wildman–Crippen MR) is 77.9 cm³/mol. The molecule has 2 rings (SSSR count). The second-order valence-corrected chi connectivity index (χ2v) is 5.16. The monoisotopic (exact) mass is 342 g/mol. The van der Waals surface area contributed by atoms with Gasteiger partial charge in [0.05, 0.1) is 16.9 Å². The zero-order valence-electron chi connectivity index (χ0n) is 9.58. The van der Waals surface area contributed by atoms with Gasteiger partial charge >= 0.3 is 0 Å². The number of nitrogens with one attached hydrogen (secondary N) is 1. The molecule has 0 spiro atoms. The van der Waals surface area contributed by atoms with Crippen LogP contribution in [0.2, 0.25) is 5.02 Å². The standard InChI is InChI=1S/C13H9BrClFN2O/c14-7-1-3-10(16)9(5-7)13(19)18-12-6-8(15)2-4-11(12)17/h1-6H,17H2,(H,18,19). The van der Waals surface area contributed by atoms with E-state index in [2.05, 4.69) is 21.2 Å². The van der Waals surface area contributed by atoms with E-state index in [4.69, 9.17) is 17.3 Å². The number of amides is 1. The van der Waals surface area contributed by atoms with E-state index in [0.29, 0.717) is 20.9 Å². The SMILES string of the molecule is Nc1ccc(Cl)cc1NC(=O)c1cc(Br)ccc1F. The average molecular weight is 344 g/mol. The van der Waals surface area contributed by atoms with Gasteiger partial charge in [-0.25, -0.2) is 4.39 Å². The molecule has 0 heterocycles. The van der Waals surface area contributed by atoms with E-state index >= 15 is 0 Å². The molecule has 0 saturated carbocycles. The summed E-state index contributed by atoms with van der Waals surface area (Å²) in [6, 6.07) is 8.79. The highest BCUT2D eigenvalue weighted by Gasteiger charge is 2.13. The van der Waals surface area contributed by atoms with Crippen molar-refractivity contribution in [1.29, 1.82) is 0 Å². The minimum Gasteiger partial charge on any atom is -0.397 e. The van der Waals surface area contributed by atoms with Crippen LogP contribution in [0.15, 0.2) is 40.9 Å². The first-order valence-corrected chi connectivity index (χ1v) is 6.46. The molecule has 6 heteroatoms. The number of benzene rings is 2. The van der Waals surface area contributed by atoms with Gasteiger partial charge in [0.15, 0.2) is 0 Å². The predicted octanol–water partition coefficient (Wildman–Crippen LogP) is 4.08. The Hall–Kier alpha value is -1.59. The molecule has 2 aromatic carbocycles. The third-order valence-corrected chi connectivity index (χ3v) is 3.16. The minimum atomic E-state index is -0.610. The molecule has 0 bridgehead atoms. The van der Waals surface area contributed by atoms with E-state index in [1.807, 2.05) is 0 Å². The summed E-state index contributed by atoms with van der Waals surface area (Å²) in [7, 11) is 0. The summed E-state index contributed by atoms with van der Waals surface area (Å²) in [5, 5.41) is 2.96. The van der Waals surface area contributed by atoms with Gasteiger partial charge in [-0.2, -0.15) is 0 Å². The van der Waals surface area contributed by atoms with E-state index in [1.165, 1.54) is 24.3 Å². The van der Waals surface area contributed by atoms with E-state index < -0.39 is 11.7 Å². The molecule has 0 fully saturated rings. The van der Waals surface area contributed by atoms with Crippen molar-refractivity contribution >= 4 is 44.8 Å². The summed E-state index contributed by atoms with van der Waals surface area (Å²) in [6.07, 6.45) is 0. The van der Waals surface area contributed by atoms with Crippen LogP contribution in [0.4, 0.5) is 15.8 Å². The Bertz CT molecular complexity index is 649. The Balaban J connectivity index is 2.30. The molecule has 0 aliphatic rings. The van der Waals surface area contributed by atoms with Crippen LogP contribution < -0.4 is 11.1 Å². The van der Waals surface area contributed by atoms with Crippen LogP contribution in [0, 0.1) is 5.82 Å². The van der Waals surface area contributed by atoms with E-state index in [9.17, 15) is 9.18 Å². The van der Waals surface area contributed by atoms with Crippen LogP contribution in [-0.4, -0.2) is 5.91 Å². The molecule has 1 amide bonds. The van der Waals surface area contributed by atoms with Gasteiger partial charge in [0.25, 0.3) is 5.91 Å². The fourth-order valence-corrected chi connectivity index (χ4v) is 2.03. The Morgan fingerprint density at radius 2 is 2.00 bits per heavy atom. The van der Waals surface area contributed by atoms with E-state index in [-0.39, 0.29) is 5.56 Å². The van der Waals surface area contributed by atoms with Gasteiger partial charge in [-0.3, -0.25) is 4.79 Å². The smallest absolute Gasteiger partial charge is 0.258 e. The third-order valence-electron chi connectivity index (χ3n) is 2.44. The summed E-state index contributed by atoms with van der Waals surface area (Å²) in [4.78, 5) is 12.0. The first kappa shape index (κ1) is 13.8. The summed E-state index contributed by atoms with van der Waals surface area (Å²) in [5.41, 5.74) is 6.33. The Morgan fingerprint density at radius 3 is 2.74 bits per heavy atom. The lowest BCUT2D eigenvalue weighted by Crippen LogP contribution is -2.14. The normalized spacial score (nSPS) is 10.3. The first-order valence-electron chi connectivity index (χ1n) is 5.29. The van der Waals surface area contributed by atoms with Gasteiger partial charge in [-0.05, 0) is 36.4 Å². The number of nitrogen functional groups attached to an aromatic ring is 1. The molecule has 19 heavy (non-hydrogen) atoms. The summed E-state index contributed by atoms with van der Waals surface area (Å²) in [5.74, 6) is -1.20. The Kier molecular flexibility index (Phi) is 4.07. The Morgan fingerprint density at radius 1 is 1.26 bits per heavy atom. The Labute approximate surface area is 122 Å². The quantitative estimate of drug-likeness (QED) is 0.807. The molecule has 0 atom stereocenters.